The van der Waals surface area contributed by atoms with Gasteiger partial charge in [0.05, 0.1) is 12.6 Å². The Morgan fingerprint density at radius 3 is 2.13 bits per heavy atom. The van der Waals surface area contributed by atoms with Crippen molar-refractivity contribution in [1.82, 2.24) is 10.2 Å². The summed E-state index contributed by atoms with van der Waals surface area (Å²) in [5, 5.41) is 2.89. The van der Waals surface area contributed by atoms with Gasteiger partial charge in [0.2, 0.25) is 0 Å². The molecule has 7 heteroatoms. The third-order valence-corrected chi connectivity index (χ3v) is 5.04. The first-order valence-electron chi connectivity index (χ1n) is 9.70. The summed E-state index contributed by atoms with van der Waals surface area (Å²) < 4.78 is 17.9. The minimum absolute atomic E-state index is 0.0267. The van der Waals surface area contributed by atoms with Gasteiger partial charge < -0.3 is 10.1 Å². The van der Waals surface area contributed by atoms with Gasteiger partial charge in [-0.3, -0.25) is 9.59 Å². The van der Waals surface area contributed by atoms with Gasteiger partial charge in [-0.1, -0.05) is 54.6 Å². The van der Waals surface area contributed by atoms with E-state index in [1.807, 2.05) is 30.3 Å². The summed E-state index contributed by atoms with van der Waals surface area (Å²) in [6.07, 6.45) is -0.719. The van der Waals surface area contributed by atoms with Crippen molar-refractivity contribution in [3.63, 3.8) is 0 Å². The Labute approximate surface area is 178 Å². The van der Waals surface area contributed by atoms with Crippen LogP contribution in [0, 0.1) is 5.82 Å². The molecule has 3 amide bonds. The fourth-order valence-corrected chi connectivity index (χ4v) is 3.36. The molecule has 6 nitrogen and oxygen atoms in total. The molecule has 0 aliphatic carbocycles. The molecule has 1 aliphatic heterocycles. The maximum Gasteiger partial charge on any atom is 0.417 e. The van der Waals surface area contributed by atoms with E-state index in [4.69, 9.17) is 4.74 Å². The summed E-state index contributed by atoms with van der Waals surface area (Å²) in [6, 6.07) is 21.5. The molecule has 0 saturated carbocycles. The molecule has 0 unspecified atom stereocenters. The van der Waals surface area contributed by atoms with E-state index < -0.39 is 18.0 Å². The Bertz CT molecular complexity index is 1080. The average Bonchev–Trinajstić information content (AvgIpc) is 3.12. The summed E-state index contributed by atoms with van der Waals surface area (Å²) in [5.41, 5.74) is 2.86. The van der Waals surface area contributed by atoms with Crippen molar-refractivity contribution in [3.05, 3.63) is 95.8 Å². The van der Waals surface area contributed by atoms with Crippen molar-refractivity contribution in [2.75, 3.05) is 13.2 Å². The summed E-state index contributed by atoms with van der Waals surface area (Å²) in [7, 11) is 0. The van der Waals surface area contributed by atoms with E-state index in [1.54, 1.807) is 36.4 Å². The lowest BCUT2D eigenvalue weighted by molar-refractivity contribution is -0.126. The Morgan fingerprint density at radius 1 is 0.935 bits per heavy atom. The smallest absolute Gasteiger partial charge is 0.417 e. The molecule has 3 aromatic carbocycles. The Kier molecular flexibility index (Phi) is 5.75. The molecule has 0 bridgehead atoms. The number of nitrogens with zero attached hydrogens (tertiary/aromatic N) is 1. The van der Waals surface area contributed by atoms with Gasteiger partial charge >= 0.3 is 6.09 Å². The number of cyclic esters (lactones) is 1. The van der Waals surface area contributed by atoms with Crippen molar-refractivity contribution < 1.29 is 23.5 Å². The number of carbonyl (C=O) groups is 3. The van der Waals surface area contributed by atoms with Crippen LogP contribution in [0.15, 0.2) is 78.9 Å². The second kappa shape index (κ2) is 8.79. The quantitative estimate of drug-likeness (QED) is 0.658. The molecule has 0 aromatic heterocycles. The lowest BCUT2D eigenvalue weighted by atomic mass is 10.0. The number of rotatable bonds is 6. The number of hydrogen-bond acceptors (Lipinski definition) is 4. The van der Waals surface area contributed by atoms with Gasteiger partial charge in [0.15, 0.2) is 6.61 Å². The Morgan fingerprint density at radius 2 is 1.55 bits per heavy atom. The molecule has 1 N–H and O–H groups in total. The molecule has 1 fully saturated rings. The maximum atomic E-state index is 13.1. The monoisotopic (exact) mass is 418 g/mol. The van der Waals surface area contributed by atoms with Crippen LogP contribution in [-0.4, -0.2) is 36.0 Å². The number of nitrogens with one attached hydrogen (secondary N) is 1. The first kappa shape index (κ1) is 20.3. The van der Waals surface area contributed by atoms with Gasteiger partial charge in [-0.15, -0.1) is 0 Å². The largest absolute Gasteiger partial charge is 0.439 e. The fraction of sp³-hybridized carbons (Fsp3) is 0.125. The van der Waals surface area contributed by atoms with Crippen LogP contribution in [-0.2, 0) is 9.53 Å². The van der Waals surface area contributed by atoms with Crippen molar-refractivity contribution in [2.24, 2.45) is 0 Å². The standard InChI is InChI=1S/C24H19FN2O4/c25-20-12-10-17(11-13-20)16-6-8-19(9-7-16)23(29)26-21(18-4-2-1-3-5-18)14-27-22(28)15-31-24(27)30/h1-13,21H,14-15H2,(H,26,29)/t21-/m0/s1. The predicted octanol–water partition coefficient (Wildman–Crippen LogP) is 3.94. The van der Waals surface area contributed by atoms with Gasteiger partial charge in [-0.25, -0.2) is 14.1 Å². The molecule has 1 atom stereocenters. The van der Waals surface area contributed by atoms with Crippen molar-refractivity contribution in [1.29, 1.82) is 0 Å². The van der Waals surface area contributed by atoms with Gasteiger partial charge in [-0.05, 0) is 41.0 Å². The van der Waals surface area contributed by atoms with E-state index in [0.29, 0.717) is 5.56 Å². The summed E-state index contributed by atoms with van der Waals surface area (Å²) >= 11 is 0. The van der Waals surface area contributed by atoms with Crippen LogP contribution < -0.4 is 5.32 Å². The highest BCUT2D eigenvalue weighted by molar-refractivity contribution is 5.98. The second-order valence-electron chi connectivity index (χ2n) is 7.08. The lowest BCUT2D eigenvalue weighted by Crippen LogP contribution is -2.40. The van der Waals surface area contributed by atoms with Crippen LogP contribution in [0.1, 0.15) is 22.0 Å². The first-order chi connectivity index (χ1) is 15.0. The van der Waals surface area contributed by atoms with E-state index in [9.17, 15) is 18.8 Å². The highest BCUT2D eigenvalue weighted by atomic mass is 19.1. The van der Waals surface area contributed by atoms with Gasteiger partial charge in [0.25, 0.3) is 11.8 Å². The molecule has 0 radical (unpaired) electrons. The molecule has 156 valence electrons. The van der Waals surface area contributed by atoms with E-state index in [-0.39, 0.29) is 24.9 Å². The zero-order valence-corrected chi connectivity index (χ0v) is 16.5. The molecule has 31 heavy (non-hydrogen) atoms. The van der Waals surface area contributed by atoms with E-state index in [2.05, 4.69) is 5.32 Å². The zero-order chi connectivity index (χ0) is 21.8. The van der Waals surface area contributed by atoms with E-state index >= 15 is 0 Å². The van der Waals surface area contributed by atoms with Crippen LogP contribution in [0.3, 0.4) is 0 Å². The van der Waals surface area contributed by atoms with Gasteiger partial charge in [-0.2, -0.15) is 0 Å². The molecular formula is C24H19FN2O4. The molecule has 1 saturated heterocycles. The normalized spacial score (nSPS) is 14.3. The molecule has 1 aliphatic rings. The highest BCUT2D eigenvalue weighted by Gasteiger charge is 2.33. The van der Waals surface area contributed by atoms with Gasteiger partial charge in [0, 0.05) is 5.56 Å². The number of imide groups is 1. The van der Waals surface area contributed by atoms with Crippen LogP contribution >= 0.6 is 0 Å². The molecule has 3 aromatic rings. The Balaban J connectivity index is 1.52. The predicted molar refractivity (Wildman–Crippen MR) is 112 cm³/mol. The summed E-state index contributed by atoms with van der Waals surface area (Å²) in [4.78, 5) is 37.7. The van der Waals surface area contributed by atoms with Crippen LogP contribution in [0.4, 0.5) is 9.18 Å². The number of halogens is 1. The molecular weight excluding hydrogens is 399 g/mol. The lowest BCUT2D eigenvalue weighted by Gasteiger charge is -2.23. The third kappa shape index (κ3) is 4.61. The van der Waals surface area contributed by atoms with E-state index in [1.165, 1.54) is 12.1 Å². The van der Waals surface area contributed by atoms with Crippen LogP contribution in [0.5, 0.6) is 0 Å². The van der Waals surface area contributed by atoms with E-state index in [0.717, 1.165) is 21.6 Å². The second-order valence-corrected chi connectivity index (χ2v) is 7.08. The van der Waals surface area contributed by atoms with Crippen molar-refractivity contribution >= 4 is 17.9 Å². The third-order valence-electron chi connectivity index (χ3n) is 5.04. The summed E-state index contributed by atoms with van der Waals surface area (Å²) in [6.45, 7) is -0.319. The number of amides is 3. The Hall–Kier alpha value is -4.00. The topological polar surface area (TPSA) is 75.7 Å². The van der Waals surface area contributed by atoms with Crippen molar-refractivity contribution in [2.45, 2.75) is 6.04 Å². The number of hydrogen-bond donors (Lipinski definition) is 1. The molecule has 4 rings (SSSR count). The highest BCUT2D eigenvalue weighted by Crippen LogP contribution is 2.22. The van der Waals surface area contributed by atoms with Gasteiger partial charge in [0.1, 0.15) is 5.82 Å². The fourth-order valence-electron chi connectivity index (χ4n) is 3.36. The van der Waals surface area contributed by atoms with Crippen LogP contribution in [0.25, 0.3) is 11.1 Å². The molecule has 0 spiro atoms. The number of carbonyl (C=O) groups excluding carboxylic acids is 3. The molecule has 1 heterocycles. The van der Waals surface area contributed by atoms with Crippen LogP contribution in [0.2, 0.25) is 0 Å². The first-order valence-corrected chi connectivity index (χ1v) is 9.70. The zero-order valence-electron chi connectivity index (χ0n) is 16.5. The van der Waals surface area contributed by atoms with Crippen molar-refractivity contribution in [3.8, 4) is 11.1 Å². The number of ether oxygens (including phenoxy) is 1. The minimum atomic E-state index is -0.719. The SMILES string of the molecule is O=C(N[C@@H](CN1C(=O)COC1=O)c1ccccc1)c1ccc(-c2ccc(F)cc2)cc1. The average molecular weight is 418 g/mol. The minimum Gasteiger partial charge on any atom is -0.439 e. The number of benzene rings is 3. The summed E-state index contributed by atoms with van der Waals surface area (Å²) in [5.74, 6) is -1.10. The maximum absolute atomic E-state index is 13.1.